The van der Waals surface area contributed by atoms with Gasteiger partial charge in [0.1, 0.15) is 5.82 Å². The van der Waals surface area contributed by atoms with Crippen molar-refractivity contribution in [3.05, 3.63) is 41.9 Å². The van der Waals surface area contributed by atoms with E-state index in [0.717, 1.165) is 36.7 Å². The van der Waals surface area contributed by atoms with E-state index >= 15 is 0 Å². The summed E-state index contributed by atoms with van der Waals surface area (Å²) in [5, 5.41) is 12.2. The minimum absolute atomic E-state index is 0.687. The lowest BCUT2D eigenvalue weighted by Crippen LogP contribution is -2.28. The van der Waals surface area contributed by atoms with Gasteiger partial charge in [-0.15, -0.1) is 0 Å². The summed E-state index contributed by atoms with van der Waals surface area (Å²) >= 11 is 0. The first kappa shape index (κ1) is 10.1. The number of fused-ring (bicyclic) bond motifs is 1. The fraction of sp³-hybridized carbons (Fsp3) is 0.231. The molecule has 2 aromatic rings. The molecule has 1 aromatic carbocycles. The Labute approximate surface area is 99.5 Å². The van der Waals surface area contributed by atoms with Gasteiger partial charge >= 0.3 is 0 Å². The lowest BCUT2D eigenvalue weighted by molar-refractivity contribution is 0.508. The molecule has 0 saturated carbocycles. The lowest BCUT2D eigenvalue weighted by Gasteiger charge is -2.17. The number of aromatic nitrogens is 2. The number of imidazole rings is 1. The van der Waals surface area contributed by atoms with Gasteiger partial charge in [0.05, 0.1) is 30.1 Å². The maximum atomic E-state index is 8.92. The van der Waals surface area contributed by atoms with Crippen molar-refractivity contribution in [1.82, 2.24) is 14.9 Å². The van der Waals surface area contributed by atoms with Crippen LogP contribution in [0, 0.1) is 11.3 Å². The van der Waals surface area contributed by atoms with Crippen molar-refractivity contribution in [2.45, 2.75) is 13.1 Å². The number of nitrogens with one attached hydrogen (secondary N) is 1. The van der Waals surface area contributed by atoms with E-state index in [9.17, 15) is 0 Å². The SMILES string of the molecule is N#Cc1cccc(-c2cnc3n2CCNC3)c1. The number of nitrogens with zero attached hydrogens (tertiary/aromatic N) is 3. The molecule has 0 radical (unpaired) electrons. The third-order valence-corrected chi connectivity index (χ3v) is 3.02. The predicted molar refractivity (Wildman–Crippen MR) is 64.1 cm³/mol. The van der Waals surface area contributed by atoms with Crippen LogP contribution in [-0.4, -0.2) is 16.1 Å². The van der Waals surface area contributed by atoms with Crippen molar-refractivity contribution in [2.24, 2.45) is 0 Å². The molecule has 1 N–H and O–H groups in total. The van der Waals surface area contributed by atoms with Crippen LogP contribution < -0.4 is 5.32 Å². The molecule has 0 unspecified atom stereocenters. The third-order valence-electron chi connectivity index (χ3n) is 3.02. The average Bonchev–Trinajstić information content (AvgIpc) is 2.82. The first-order valence-corrected chi connectivity index (χ1v) is 5.64. The van der Waals surface area contributed by atoms with Crippen LogP contribution in [0.5, 0.6) is 0 Å². The Morgan fingerprint density at radius 2 is 2.35 bits per heavy atom. The molecule has 0 atom stereocenters. The van der Waals surface area contributed by atoms with Crippen molar-refractivity contribution in [2.75, 3.05) is 6.54 Å². The Morgan fingerprint density at radius 3 is 3.24 bits per heavy atom. The van der Waals surface area contributed by atoms with Crippen LogP contribution in [0.3, 0.4) is 0 Å². The van der Waals surface area contributed by atoms with E-state index in [2.05, 4.69) is 20.9 Å². The van der Waals surface area contributed by atoms with Crippen LogP contribution in [0.25, 0.3) is 11.3 Å². The molecule has 4 heteroatoms. The largest absolute Gasteiger partial charge is 0.326 e. The molecule has 2 heterocycles. The highest BCUT2D eigenvalue weighted by molar-refractivity contribution is 5.61. The summed E-state index contributed by atoms with van der Waals surface area (Å²) in [6.07, 6.45) is 1.89. The summed E-state index contributed by atoms with van der Waals surface area (Å²) in [7, 11) is 0. The number of hydrogen-bond donors (Lipinski definition) is 1. The fourth-order valence-corrected chi connectivity index (χ4v) is 2.17. The summed E-state index contributed by atoms with van der Waals surface area (Å²) in [6.45, 7) is 2.72. The minimum Gasteiger partial charge on any atom is -0.326 e. The molecule has 0 amide bonds. The first-order valence-electron chi connectivity index (χ1n) is 5.64. The molecular weight excluding hydrogens is 212 g/mol. The Kier molecular flexibility index (Phi) is 2.39. The van der Waals surface area contributed by atoms with Gasteiger partial charge in [0, 0.05) is 18.7 Å². The van der Waals surface area contributed by atoms with E-state index in [4.69, 9.17) is 5.26 Å². The van der Waals surface area contributed by atoms with Gasteiger partial charge in [-0.25, -0.2) is 4.98 Å². The minimum atomic E-state index is 0.687. The maximum absolute atomic E-state index is 8.92. The highest BCUT2D eigenvalue weighted by atomic mass is 15.2. The number of hydrogen-bond acceptors (Lipinski definition) is 3. The summed E-state index contributed by atoms with van der Waals surface area (Å²) in [5.74, 6) is 1.06. The van der Waals surface area contributed by atoms with Gasteiger partial charge in [0.2, 0.25) is 0 Å². The second-order valence-electron chi connectivity index (χ2n) is 4.08. The molecule has 1 aliphatic heterocycles. The van der Waals surface area contributed by atoms with Gasteiger partial charge in [-0.05, 0) is 12.1 Å². The second kappa shape index (κ2) is 4.04. The van der Waals surface area contributed by atoms with E-state index in [1.165, 1.54) is 0 Å². The average molecular weight is 224 g/mol. The summed E-state index contributed by atoms with van der Waals surface area (Å²) in [6, 6.07) is 9.83. The van der Waals surface area contributed by atoms with Gasteiger partial charge < -0.3 is 9.88 Å². The van der Waals surface area contributed by atoms with Crippen LogP contribution in [0.2, 0.25) is 0 Å². The maximum Gasteiger partial charge on any atom is 0.123 e. The quantitative estimate of drug-likeness (QED) is 0.799. The van der Waals surface area contributed by atoms with Crippen LogP contribution >= 0.6 is 0 Å². The Bertz CT molecular complexity index is 592. The summed E-state index contributed by atoms with van der Waals surface area (Å²) in [5.41, 5.74) is 2.84. The van der Waals surface area contributed by atoms with E-state index in [0.29, 0.717) is 5.56 Å². The topological polar surface area (TPSA) is 53.6 Å². The van der Waals surface area contributed by atoms with Crippen LogP contribution in [0.4, 0.5) is 0 Å². The molecule has 17 heavy (non-hydrogen) atoms. The Hall–Kier alpha value is -2.12. The second-order valence-corrected chi connectivity index (χ2v) is 4.08. The zero-order valence-corrected chi connectivity index (χ0v) is 9.35. The molecular formula is C13H12N4. The van der Waals surface area contributed by atoms with Gasteiger partial charge in [0.25, 0.3) is 0 Å². The van der Waals surface area contributed by atoms with Crippen molar-refractivity contribution >= 4 is 0 Å². The van der Waals surface area contributed by atoms with Gasteiger partial charge in [-0.1, -0.05) is 12.1 Å². The van der Waals surface area contributed by atoms with Crippen molar-refractivity contribution in [1.29, 1.82) is 5.26 Å². The molecule has 84 valence electrons. The highest BCUT2D eigenvalue weighted by Crippen LogP contribution is 2.22. The smallest absolute Gasteiger partial charge is 0.123 e. The predicted octanol–water partition coefficient (Wildman–Crippen LogP) is 1.52. The normalized spacial score (nSPS) is 14.1. The molecule has 4 nitrogen and oxygen atoms in total. The molecule has 0 bridgehead atoms. The van der Waals surface area contributed by atoms with Crippen LogP contribution in [0.15, 0.2) is 30.5 Å². The number of benzene rings is 1. The molecule has 3 rings (SSSR count). The zero-order valence-electron chi connectivity index (χ0n) is 9.35. The Morgan fingerprint density at radius 1 is 1.41 bits per heavy atom. The summed E-state index contributed by atoms with van der Waals surface area (Å²) in [4.78, 5) is 4.41. The standard InChI is InChI=1S/C13H12N4/c14-7-10-2-1-3-11(6-10)12-8-16-13-9-15-4-5-17(12)13/h1-3,6,8,15H,4-5,9H2. The highest BCUT2D eigenvalue weighted by Gasteiger charge is 2.14. The van der Waals surface area contributed by atoms with E-state index < -0.39 is 0 Å². The molecule has 1 aromatic heterocycles. The molecule has 0 aliphatic carbocycles. The lowest BCUT2D eigenvalue weighted by atomic mass is 10.1. The van der Waals surface area contributed by atoms with Gasteiger partial charge in [-0.3, -0.25) is 0 Å². The number of nitriles is 1. The molecule has 0 fully saturated rings. The molecule has 0 saturated heterocycles. The number of rotatable bonds is 1. The zero-order chi connectivity index (χ0) is 11.7. The van der Waals surface area contributed by atoms with Crippen molar-refractivity contribution < 1.29 is 0 Å². The van der Waals surface area contributed by atoms with Gasteiger partial charge in [0.15, 0.2) is 0 Å². The van der Waals surface area contributed by atoms with E-state index in [-0.39, 0.29) is 0 Å². The third kappa shape index (κ3) is 1.71. The first-order chi connectivity index (χ1) is 8.38. The van der Waals surface area contributed by atoms with E-state index in [1.54, 1.807) is 0 Å². The fourth-order valence-electron chi connectivity index (χ4n) is 2.17. The van der Waals surface area contributed by atoms with E-state index in [1.807, 2.05) is 30.5 Å². The van der Waals surface area contributed by atoms with Gasteiger partial charge in [-0.2, -0.15) is 5.26 Å². The molecule has 1 aliphatic rings. The van der Waals surface area contributed by atoms with Crippen molar-refractivity contribution in [3.63, 3.8) is 0 Å². The molecule has 0 spiro atoms. The van der Waals surface area contributed by atoms with Crippen molar-refractivity contribution in [3.8, 4) is 17.3 Å². The monoisotopic (exact) mass is 224 g/mol. The summed E-state index contributed by atoms with van der Waals surface area (Å²) < 4.78 is 2.22. The Balaban J connectivity index is 2.09. The van der Waals surface area contributed by atoms with Crippen LogP contribution in [-0.2, 0) is 13.1 Å². The van der Waals surface area contributed by atoms with Crippen LogP contribution in [0.1, 0.15) is 11.4 Å².